The predicted octanol–water partition coefficient (Wildman–Crippen LogP) is 8.72. The zero-order valence-electron chi connectivity index (χ0n) is 26.8. The number of anilines is 1. The molecule has 0 aliphatic heterocycles. The van der Waals surface area contributed by atoms with Gasteiger partial charge in [0, 0.05) is 25.6 Å². The van der Waals surface area contributed by atoms with Crippen LogP contribution in [-0.4, -0.2) is 40.6 Å². The number of ether oxygens (including phenoxy) is 2. The van der Waals surface area contributed by atoms with Crippen molar-refractivity contribution in [2.75, 3.05) is 11.5 Å². The SMILES string of the molecule is C/C=C(\C=C/CCO/C=C/C)Cc1cc(-c2cccnc2N(C(C)=O)C(=O)OC(C)(C)C)on1.CC.CC.CC=N. The van der Waals surface area contributed by atoms with Gasteiger partial charge in [-0.1, -0.05) is 57.2 Å². The summed E-state index contributed by atoms with van der Waals surface area (Å²) >= 11 is 0. The summed E-state index contributed by atoms with van der Waals surface area (Å²) in [5.41, 5.74) is 1.46. The highest BCUT2D eigenvalue weighted by atomic mass is 16.6. The van der Waals surface area contributed by atoms with Crippen LogP contribution in [0.3, 0.4) is 0 Å². The number of nitrogens with zero attached hydrogens (tertiary/aromatic N) is 3. The third-order valence-corrected chi connectivity index (χ3v) is 4.44. The monoisotopic (exact) mass is 570 g/mol. The summed E-state index contributed by atoms with van der Waals surface area (Å²) in [6, 6.07) is 5.19. The third kappa shape index (κ3) is 16.0. The second kappa shape index (κ2) is 22.8. The Kier molecular flexibility index (Phi) is 21.7. The molecule has 0 unspecified atom stereocenters. The van der Waals surface area contributed by atoms with Gasteiger partial charge in [0.25, 0.3) is 0 Å². The van der Waals surface area contributed by atoms with Crippen LogP contribution in [0.15, 0.2) is 65.1 Å². The summed E-state index contributed by atoms with van der Waals surface area (Å²) in [6.45, 7) is 20.6. The summed E-state index contributed by atoms with van der Waals surface area (Å²) in [5.74, 6) is 0.0000105. The fourth-order valence-electron chi connectivity index (χ4n) is 2.96. The number of carbonyl (C=O) groups is 2. The average Bonchev–Trinajstić information content (AvgIpc) is 3.40. The van der Waals surface area contributed by atoms with Crippen molar-refractivity contribution in [2.24, 2.45) is 0 Å². The van der Waals surface area contributed by atoms with E-state index in [9.17, 15) is 9.59 Å². The van der Waals surface area contributed by atoms with Crippen molar-refractivity contribution < 1.29 is 23.6 Å². The van der Waals surface area contributed by atoms with Crippen LogP contribution in [0.5, 0.6) is 0 Å². The van der Waals surface area contributed by atoms with Crippen LogP contribution in [0.1, 0.15) is 88.3 Å². The smallest absolute Gasteiger partial charge is 0.423 e. The maximum Gasteiger partial charge on any atom is 0.423 e. The van der Waals surface area contributed by atoms with Gasteiger partial charge < -0.3 is 19.4 Å². The third-order valence-electron chi connectivity index (χ3n) is 4.44. The molecule has 0 saturated heterocycles. The first kappa shape index (κ1) is 39.1. The Morgan fingerprint density at radius 1 is 1.12 bits per heavy atom. The van der Waals surface area contributed by atoms with E-state index < -0.39 is 17.6 Å². The highest BCUT2D eigenvalue weighted by Gasteiger charge is 2.30. The molecular weight excluding hydrogens is 520 g/mol. The van der Waals surface area contributed by atoms with Gasteiger partial charge in [-0.05, 0) is 71.9 Å². The van der Waals surface area contributed by atoms with Crippen LogP contribution in [0, 0.1) is 5.41 Å². The lowest BCUT2D eigenvalue weighted by Gasteiger charge is -2.25. The molecule has 0 fully saturated rings. The molecule has 2 heterocycles. The lowest BCUT2D eigenvalue weighted by Crippen LogP contribution is -2.40. The Hall–Kier alpha value is -4.01. The first-order valence-electron chi connectivity index (χ1n) is 14.0. The van der Waals surface area contributed by atoms with Crippen molar-refractivity contribution in [1.82, 2.24) is 10.1 Å². The van der Waals surface area contributed by atoms with Gasteiger partial charge >= 0.3 is 6.09 Å². The first-order valence-corrected chi connectivity index (χ1v) is 14.0. The molecule has 228 valence electrons. The molecule has 0 aromatic carbocycles. The molecule has 0 bridgehead atoms. The number of hydrogen-bond acceptors (Lipinski definition) is 8. The van der Waals surface area contributed by atoms with Gasteiger partial charge in [0.2, 0.25) is 5.91 Å². The van der Waals surface area contributed by atoms with Gasteiger partial charge in [-0.25, -0.2) is 9.78 Å². The lowest BCUT2D eigenvalue weighted by atomic mass is 10.1. The number of carbonyl (C=O) groups excluding carboxylic acids is 2. The van der Waals surface area contributed by atoms with Crippen molar-refractivity contribution in [3.8, 4) is 11.3 Å². The van der Waals surface area contributed by atoms with E-state index in [1.54, 1.807) is 52.2 Å². The number of allylic oxidation sites excluding steroid dienone is 4. The Labute approximate surface area is 246 Å². The van der Waals surface area contributed by atoms with Gasteiger partial charge in [-0.15, -0.1) is 0 Å². The van der Waals surface area contributed by atoms with E-state index in [1.165, 1.54) is 19.3 Å². The fraction of sp³-hybridized carbons (Fsp3) is 0.469. The summed E-state index contributed by atoms with van der Waals surface area (Å²) in [5, 5.41) is 10.3. The van der Waals surface area contributed by atoms with Gasteiger partial charge in [0.05, 0.1) is 24.1 Å². The molecular formula is C32H50N4O5. The lowest BCUT2D eigenvalue weighted by molar-refractivity contribution is -0.116. The molecule has 2 aromatic heterocycles. The van der Waals surface area contributed by atoms with E-state index in [4.69, 9.17) is 19.4 Å². The number of rotatable bonds is 9. The molecule has 0 radical (unpaired) electrons. The number of imide groups is 1. The molecule has 0 spiro atoms. The van der Waals surface area contributed by atoms with Gasteiger partial charge in [0.15, 0.2) is 11.6 Å². The minimum Gasteiger partial charge on any atom is -0.501 e. The number of pyridine rings is 1. The van der Waals surface area contributed by atoms with Crippen molar-refractivity contribution in [2.45, 2.75) is 94.6 Å². The summed E-state index contributed by atoms with van der Waals surface area (Å²) in [4.78, 5) is 30.2. The van der Waals surface area contributed by atoms with E-state index in [0.29, 0.717) is 30.0 Å². The molecule has 0 atom stereocenters. The molecule has 2 aromatic rings. The highest BCUT2D eigenvalue weighted by Crippen LogP contribution is 2.31. The molecule has 1 N–H and O–H groups in total. The normalized spacial score (nSPS) is 10.9. The molecule has 2 rings (SSSR count). The van der Waals surface area contributed by atoms with Crippen LogP contribution in [0.25, 0.3) is 11.3 Å². The second-order valence-corrected chi connectivity index (χ2v) is 8.75. The molecule has 41 heavy (non-hydrogen) atoms. The highest BCUT2D eigenvalue weighted by molar-refractivity contribution is 6.12. The fourth-order valence-corrected chi connectivity index (χ4v) is 2.96. The van der Waals surface area contributed by atoms with E-state index in [-0.39, 0.29) is 5.82 Å². The summed E-state index contributed by atoms with van der Waals surface area (Å²) < 4.78 is 16.3. The van der Waals surface area contributed by atoms with Crippen molar-refractivity contribution in [3.63, 3.8) is 0 Å². The zero-order valence-corrected chi connectivity index (χ0v) is 26.8. The Morgan fingerprint density at radius 2 is 1.76 bits per heavy atom. The minimum absolute atomic E-state index is 0.124. The predicted molar refractivity (Wildman–Crippen MR) is 168 cm³/mol. The van der Waals surface area contributed by atoms with Crippen molar-refractivity contribution >= 4 is 24.0 Å². The minimum atomic E-state index is -0.806. The number of aromatic nitrogens is 2. The standard InChI is InChI=1S/C26H33N3O5.C2H5N.2C2H6/c1-7-15-32-16-10-9-12-20(8-2)17-21-18-23(34-28-21)22-13-11-14-27-24(22)29(19(3)30)25(31)33-26(4,5)6;1-2-3;2*1-2/h7-9,11-15,18H,10,16-17H2,1-6H3;2-3H,1H3;2*1-2H3/b12-9-,15-7+,20-8+;;;. The van der Waals surface area contributed by atoms with Crippen LogP contribution >= 0.6 is 0 Å². The molecule has 0 saturated carbocycles. The maximum atomic E-state index is 12.7. The van der Waals surface area contributed by atoms with Crippen molar-refractivity contribution in [3.05, 3.63) is 66.2 Å². The molecule has 0 aliphatic rings. The van der Waals surface area contributed by atoms with Gasteiger partial charge in [-0.2, -0.15) is 4.90 Å². The van der Waals surface area contributed by atoms with E-state index in [1.807, 2.05) is 65.8 Å². The largest absolute Gasteiger partial charge is 0.501 e. The second-order valence-electron chi connectivity index (χ2n) is 8.75. The average molecular weight is 571 g/mol. The quantitative estimate of drug-likeness (QED) is 0.139. The maximum absolute atomic E-state index is 12.7. The Balaban J connectivity index is 0. The van der Waals surface area contributed by atoms with Crippen LogP contribution in [0.2, 0.25) is 0 Å². The van der Waals surface area contributed by atoms with Crippen LogP contribution in [0.4, 0.5) is 10.6 Å². The number of amides is 2. The van der Waals surface area contributed by atoms with Crippen molar-refractivity contribution in [1.29, 1.82) is 5.41 Å². The first-order chi connectivity index (χ1) is 19.6. The Bertz CT molecular complexity index is 1110. The van der Waals surface area contributed by atoms with Crippen LogP contribution in [-0.2, 0) is 20.7 Å². The molecule has 0 aliphatic carbocycles. The van der Waals surface area contributed by atoms with E-state index >= 15 is 0 Å². The summed E-state index contributed by atoms with van der Waals surface area (Å²) in [6.07, 6.45) is 12.9. The zero-order chi connectivity index (χ0) is 31.8. The van der Waals surface area contributed by atoms with E-state index in [2.05, 4.69) is 10.1 Å². The van der Waals surface area contributed by atoms with Crippen LogP contribution < -0.4 is 4.90 Å². The van der Waals surface area contributed by atoms with Gasteiger partial charge in [-0.3, -0.25) is 4.79 Å². The van der Waals surface area contributed by atoms with E-state index in [0.717, 1.165) is 16.9 Å². The van der Waals surface area contributed by atoms with Gasteiger partial charge in [0.1, 0.15) is 5.60 Å². The number of hydrogen-bond donors (Lipinski definition) is 1. The number of nitrogens with one attached hydrogen (secondary N) is 1. The summed E-state index contributed by atoms with van der Waals surface area (Å²) in [7, 11) is 0. The molecule has 2 amide bonds. The molecule has 9 heteroatoms. The molecule has 9 nitrogen and oxygen atoms in total. The Morgan fingerprint density at radius 3 is 2.29 bits per heavy atom. The topological polar surface area (TPSA) is 119 Å².